The number of methoxy groups -OCH3 is 1. The molecule has 0 unspecified atom stereocenters. The highest BCUT2D eigenvalue weighted by atomic mass is 32.2. The minimum atomic E-state index is -3.30. The quantitative estimate of drug-likeness (QED) is 0.241. The van der Waals surface area contributed by atoms with Gasteiger partial charge in [0.25, 0.3) is 0 Å². The molecule has 5 rings (SSSR count). The van der Waals surface area contributed by atoms with E-state index < -0.39 is 9.84 Å². The Bertz CT molecular complexity index is 1600. The molecule has 1 N–H and O–H groups in total. The second-order valence-corrected chi connectivity index (χ2v) is 11.6. The van der Waals surface area contributed by atoms with Crippen molar-refractivity contribution in [2.45, 2.75) is 24.2 Å². The fourth-order valence-corrected chi connectivity index (χ4v) is 5.96. The van der Waals surface area contributed by atoms with Crippen molar-refractivity contribution in [1.82, 2.24) is 0 Å². The second-order valence-electron chi connectivity index (χ2n) is 9.60. The van der Waals surface area contributed by atoms with Gasteiger partial charge in [0.1, 0.15) is 23.1 Å². The van der Waals surface area contributed by atoms with Crippen LogP contribution in [0.3, 0.4) is 0 Å². The summed E-state index contributed by atoms with van der Waals surface area (Å²) in [5, 5.41) is 2.87. The highest BCUT2D eigenvalue weighted by molar-refractivity contribution is 7.91. The zero-order valence-electron chi connectivity index (χ0n) is 21.4. The first kappa shape index (κ1) is 26.4. The zero-order valence-corrected chi connectivity index (χ0v) is 22.2. The smallest absolute Gasteiger partial charge is 0.228 e. The number of hydrogen-bond donors (Lipinski definition) is 1. The molecule has 1 fully saturated rings. The highest BCUT2D eigenvalue weighted by Gasteiger charge is 2.29. The van der Waals surface area contributed by atoms with Crippen molar-refractivity contribution in [3.63, 3.8) is 0 Å². The molecule has 0 bridgehead atoms. The normalized spacial score (nSPS) is 13.1. The molecule has 1 aliphatic carbocycles. The monoisotopic (exact) mass is 545 g/mol. The number of sulfone groups is 1. The van der Waals surface area contributed by atoms with E-state index in [9.17, 15) is 17.6 Å². The Hall–Kier alpha value is -4.17. The highest BCUT2D eigenvalue weighted by Crippen LogP contribution is 2.37. The Kier molecular flexibility index (Phi) is 7.65. The first-order valence-electron chi connectivity index (χ1n) is 12.6. The second kappa shape index (κ2) is 11.3. The number of anilines is 1. The Morgan fingerprint density at radius 3 is 2.38 bits per heavy atom. The molecule has 39 heavy (non-hydrogen) atoms. The van der Waals surface area contributed by atoms with E-state index >= 15 is 0 Å². The van der Waals surface area contributed by atoms with Gasteiger partial charge in [-0.1, -0.05) is 30.3 Å². The van der Waals surface area contributed by atoms with Crippen molar-refractivity contribution in [2.24, 2.45) is 5.92 Å². The summed E-state index contributed by atoms with van der Waals surface area (Å²) >= 11 is 0. The molecule has 0 heterocycles. The van der Waals surface area contributed by atoms with Gasteiger partial charge in [0.15, 0.2) is 9.84 Å². The maximum atomic E-state index is 14.0. The third-order valence-corrected chi connectivity index (χ3v) is 8.37. The summed E-state index contributed by atoms with van der Waals surface area (Å²) in [4.78, 5) is 13.1. The first-order chi connectivity index (χ1) is 18.8. The molecule has 0 saturated heterocycles. The number of amides is 1. The summed E-state index contributed by atoms with van der Waals surface area (Å²) in [6.45, 7) is 0. The van der Waals surface area contributed by atoms with E-state index in [1.807, 2.05) is 0 Å². The molecule has 8 heteroatoms. The van der Waals surface area contributed by atoms with Gasteiger partial charge < -0.3 is 14.8 Å². The van der Waals surface area contributed by atoms with Crippen molar-refractivity contribution in [1.29, 1.82) is 0 Å². The molecular formula is C31H28FNO5S. The molecule has 4 aromatic carbocycles. The van der Waals surface area contributed by atoms with E-state index in [1.54, 1.807) is 86.0 Å². The topological polar surface area (TPSA) is 81.7 Å². The van der Waals surface area contributed by atoms with E-state index in [4.69, 9.17) is 9.47 Å². The largest absolute Gasteiger partial charge is 0.497 e. The van der Waals surface area contributed by atoms with E-state index in [-0.39, 0.29) is 34.7 Å². The molecule has 200 valence electrons. The fraction of sp³-hybridized carbons (Fsp3) is 0.194. The molecule has 0 aromatic heterocycles. The Morgan fingerprint density at radius 1 is 0.923 bits per heavy atom. The van der Waals surface area contributed by atoms with Crippen LogP contribution in [0, 0.1) is 11.7 Å². The predicted molar refractivity (Wildman–Crippen MR) is 148 cm³/mol. The first-order valence-corrected chi connectivity index (χ1v) is 14.3. The molecule has 1 amide bonds. The summed E-state index contributed by atoms with van der Waals surface area (Å²) in [5.74, 6) is 1.38. The molecular weight excluding hydrogens is 517 g/mol. The van der Waals surface area contributed by atoms with Gasteiger partial charge in [-0.25, -0.2) is 12.8 Å². The lowest BCUT2D eigenvalue weighted by Crippen LogP contribution is -2.14. The number of benzene rings is 4. The number of carbonyl (C=O) groups is 1. The van der Waals surface area contributed by atoms with Gasteiger partial charge in [-0.15, -0.1) is 0 Å². The van der Waals surface area contributed by atoms with Gasteiger partial charge in [-0.3, -0.25) is 4.79 Å². The van der Waals surface area contributed by atoms with E-state index in [1.165, 1.54) is 12.1 Å². The van der Waals surface area contributed by atoms with Crippen molar-refractivity contribution >= 4 is 21.4 Å². The summed E-state index contributed by atoms with van der Waals surface area (Å²) < 4.78 is 50.4. The van der Waals surface area contributed by atoms with Gasteiger partial charge in [0.05, 0.1) is 24.2 Å². The standard InChI is InChI=1S/C31H28FNO5S/c1-37-26-6-3-7-27(19-26)38-30-18-25(12-15-29(30)23-4-2-5-24(32)17-23)33-31(34)16-21-10-13-28(14-11-21)39(35,36)20-22-8-9-22/h2-7,10-15,17-19,22H,8-9,16,20H2,1H3,(H,33,34). The van der Waals surface area contributed by atoms with E-state index in [0.717, 1.165) is 12.8 Å². The van der Waals surface area contributed by atoms with Crippen LogP contribution in [-0.4, -0.2) is 27.2 Å². The van der Waals surface area contributed by atoms with Crippen molar-refractivity contribution in [2.75, 3.05) is 18.2 Å². The van der Waals surface area contributed by atoms with Crippen molar-refractivity contribution < 1.29 is 27.1 Å². The van der Waals surface area contributed by atoms with Crippen LogP contribution in [0.2, 0.25) is 0 Å². The molecule has 0 aliphatic heterocycles. The van der Waals surface area contributed by atoms with Gasteiger partial charge >= 0.3 is 0 Å². The Morgan fingerprint density at radius 2 is 1.67 bits per heavy atom. The van der Waals surface area contributed by atoms with Crippen molar-refractivity contribution in [3.05, 3.63) is 102 Å². The zero-order chi connectivity index (χ0) is 27.4. The predicted octanol–water partition coefficient (Wildman–Crippen LogP) is 6.66. The number of ether oxygens (including phenoxy) is 2. The Labute approximate surface area is 227 Å². The number of hydrogen-bond acceptors (Lipinski definition) is 5. The third-order valence-electron chi connectivity index (χ3n) is 6.47. The number of rotatable bonds is 10. The average Bonchev–Trinajstić information content (AvgIpc) is 3.72. The van der Waals surface area contributed by atoms with Gasteiger partial charge in [-0.2, -0.15) is 0 Å². The SMILES string of the molecule is COc1cccc(Oc2cc(NC(=O)Cc3ccc(S(=O)(=O)CC4CC4)cc3)ccc2-c2cccc(F)c2)c1. The van der Waals surface area contributed by atoms with Crippen LogP contribution in [-0.2, 0) is 21.1 Å². The number of carbonyl (C=O) groups excluding carboxylic acids is 1. The summed E-state index contributed by atoms with van der Waals surface area (Å²) in [6.07, 6.45) is 2.00. The molecule has 0 radical (unpaired) electrons. The molecule has 0 atom stereocenters. The van der Waals surface area contributed by atoms with Crippen LogP contribution in [0.4, 0.5) is 10.1 Å². The summed E-state index contributed by atoms with van der Waals surface area (Å²) in [5.41, 5.74) is 2.48. The van der Waals surface area contributed by atoms with Crippen molar-refractivity contribution in [3.8, 4) is 28.4 Å². The maximum Gasteiger partial charge on any atom is 0.228 e. The van der Waals surface area contributed by atoms with Crippen LogP contribution in [0.15, 0.2) is 95.9 Å². The molecule has 4 aromatic rings. The summed E-state index contributed by atoms with van der Waals surface area (Å²) in [6, 6.07) is 24.9. The molecule has 6 nitrogen and oxygen atoms in total. The average molecular weight is 546 g/mol. The van der Waals surface area contributed by atoms with Crippen LogP contribution in [0.5, 0.6) is 17.2 Å². The fourth-order valence-electron chi connectivity index (χ4n) is 4.27. The lowest BCUT2D eigenvalue weighted by molar-refractivity contribution is -0.115. The van der Waals surface area contributed by atoms with Crippen LogP contribution >= 0.6 is 0 Å². The van der Waals surface area contributed by atoms with Crippen LogP contribution in [0.25, 0.3) is 11.1 Å². The lowest BCUT2D eigenvalue weighted by atomic mass is 10.0. The minimum absolute atomic E-state index is 0.0701. The van der Waals surface area contributed by atoms with Gasteiger partial charge in [-0.05, 0) is 78.4 Å². The molecule has 1 saturated carbocycles. The van der Waals surface area contributed by atoms with E-state index in [2.05, 4.69) is 5.32 Å². The number of nitrogens with one attached hydrogen (secondary N) is 1. The van der Waals surface area contributed by atoms with E-state index in [0.29, 0.717) is 39.6 Å². The minimum Gasteiger partial charge on any atom is -0.497 e. The lowest BCUT2D eigenvalue weighted by Gasteiger charge is -2.15. The van der Waals surface area contributed by atoms with Crippen LogP contribution in [0.1, 0.15) is 18.4 Å². The third kappa shape index (κ3) is 6.83. The molecule has 0 spiro atoms. The maximum absolute atomic E-state index is 14.0. The van der Waals surface area contributed by atoms with Gasteiger partial charge in [0, 0.05) is 23.4 Å². The number of halogens is 1. The Balaban J connectivity index is 1.34. The van der Waals surface area contributed by atoms with Gasteiger partial charge in [0.2, 0.25) is 5.91 Å². The van der Waals surface area contributed by atoms with Crippen LogP contribution < -0.4 is 14.8 Å². The summed E-state index contributed by atoms with van der Waals surface area (Å²) in [7, 11) is -1.74. The molecule has 1 aliphatic rings.